The van der Waals surface area contributed by atoms with Gasteiger partial charge in [0.05, 0.1) is 17.2 Å². The van der Waals surface area contributed by atoms with Crippen LogP contribution in [0.5, 0.6) is 0 Å². The number of anilines is 1. The van der Waals surface area contributed by atoms with Crippen molar-refractivity contribution in [2.24, 2.45) is 5.92 Å². The minimum atomic E-state index is -4.17. The first-order valence-electron chi connectivity index (χ1n) is 6.95. The first-order valence-corrected chi connectivity index (χ1v) is 6.95. The van der Waals surface area contributed by atoms with Crippen LogP contribution < -0.4 is 10.2 Å². The lowest BCUT2D eigenvalue weighted by Gasteiger charge is -2.35. The highest BCUT2D eigenvalue weighted by atomic mass is 19.4. The van der Waals surface area contributed by atoms with Crippen LogP contribution in [0.25, 0.3) is 0 Å². The van der Waals surface area contributed by atoms with Gasteiger partial charge in [0.15, 0.2) is 0 Å². The molecular formula is C15H18F3N3. The average Bonchev–Trinajstić information content (AvgIpc) is 2.46. The number of piperidine rings is 1. The number of nitrogens with zero attached hydrogens (tertiary/aromatic N) is 2. The van der Waals surface area contributed by atoms with Crippen LogP contribution in [0.15, 0.2) is 18.2 Å². The van der Waals surface area contributed by atoms with E-state index in [4.69, 9.17) is 0 Å². The van der Waals surface area contributed by atoms with E-state index in [-0.39, 0.29) is 13.0 Å². The van der Waals surface area contributed by atoms with Crippen molar-refractivity contribution in [1.82, 2.24) is 5.32 Å². The second kappa shape index (κ2) is 6.35. The highest BCUT2D eigenvalue weighted by molar-refractivity contribution is 5.60. The van der Waals surface area contributed by atoms with Crippen molar-refractivity contribution in [3.63, 3.8) is 0 Å². The Hall–Kier alpha value is -1.74. The zero-order valence-corrected chi connectivity index (χ0v) is 11.9. The molecule has 2 rings (SSSR count). The zero-order valence-electron chi connectivity index (χ0n) is 11.9. The van der Waals surface area contributed by atoms with E-state index >= 15 is 0 Å². The van der Waals surface area contributed by atoms with Gasteiger partial charge in [-0.3, -0.25) is 0 Å². The van der Waals surface area contributed by atoms with Crippen LogP contribution in [0, 0.1) is 17.2 Å². The van der Waals surface area contributed by atoms with Crippen molar-refractivity contribution in [2.45, 2.75) is 25.6 Å². The van der Waals surface area contributed by atoms with Gasteiger partial charge in [0.25, 0.3) is 0 Å². The van der Waals surface area contributed by atoms with E-state index in [2.05, 4.69) is 11.4 Å². The van der Waals surface area contributed by atoms with E-state index in [0.29, 0.717) is 30.8 Å². The Bertz CT molecular complexity index is 534. The molecule has 1 aromatic carbocycles. The van der Waals surface area contributed by atoms with E-state index in [1.165, 1.54) is 0 Å². The molecule has 21 heavy (non-hydrogen) atoms. The van der Waals surface area contributed by atoms with Crippen molar-refractivity contribution < 1.29 is 13.2 Å². The van der Waals surface area contributed by atoms with Crippen LogP contribution in [0.2, 0.25) is 0 Å². The molecule has 3 nitrogen and oxygen atoms in total. The van der Waals surface area contributed by atoms with E-state index in [9.17, 15) is 18.4 Å². The Morgan fingerprint density at radius 1 is 1.43 bits per heavy atom. The second-order valence-electron chi connectivity index (χ2n) is 5.32. The largest absolute Gasteiger partial charge is 0.393 e. The van der Waals surface area contributed by atoms with Gasteiger partial charge in [0, 0.05) is 19.6 Å². The number of hydrogen-bond donors (Lipinski definition) is 1. The average molecular weight is 297 g/mol. The Morgan fingerprint density at radius 2 is 2.19 bits per heavy atom. The Kier molecular flexibility index (Phi) is 4.73. The summed E-state index contributed by atoms with van der Waals surface area (Å²) in [4.78, 5) is 1.68. The van der Waals surface area contributed by atoms with Crippen LogP contribution in [0.4, 0.5) is 18.9 Å². The summed E-state index contributed by atoms with van der Waals surface area (Å²) >= 11 is 0. The number of benzene rings is 1. The van der Waals surface area contributed by atoms with Crippen LogP contribution in [-0.4, -0.2) is 26.3 Å². The molecule has 6 heteroatoms. The van der Waals surface area contributed by atoms with Gasteiger partial charge in [-0.15, -0.1) is 0 Å². The minimum Gasteiger partial charge on any atom is -0.370 e. The summed E-state index contributed by atoms with van der Waals surface area (Å²) in [5.41, 5.74) is 1.99. The fourth-order valence-corrected chi connectivity index (χ4v) is 2.73. The number of nitrogens with one attached hydrogen (secondary N) is 1. The fourth-order valence-electron chi connectivity index (χ4n) is 2.73. The molecule has 1 saturated heterocycles. The molecule has 1 N–H and O–H groups in total. The maximum absolute atomic E-state index is 12.9. The molecule has 0 amide bonds. The molecule has 1 fully saturated rings. The number of rotatable bonds is 3. The molecule has 0 aromatic heterocycles. The molecule has 1 unspecified atom stereocenters. The van der Waals surface area contributed by atoms with Gasteiger partial charge in [0.2, 0.25) is 0 Å². The maximum atomic E-state index is 12.9. The predicted octanol–water partition coefficient (Wildman–Crippen LogP) is 3.06. The summed E-state index contributed by atoms with van der Waals surface area (Å²) in [5.74, 6) is -1.31. The normalized spacial score (nSPS) is 19.4. The van der Waals surface area contributed by atoms with Gasteiger partial charge >= 0.3 is 6.18 Å². The Labute approximate surface area is 122 Å². The molecule has 0 saturated carbocycles. The first-order chi connectivity index (χ1) is 9.95. The first kappa shape index (κ1) is 15.6. The lowest BCUT2D eigenvalue weighted by molar-refractivity contribution is -0.175. The molecule has 1 aromatic rings. The summed E-state index contributed by atoms with van der Waals surface area (Å²) in [7, 11) is 1.80. The van der Waals surface area contributed by atoms with Gasteiger partial charge in [0.1, 0.15) is 6.07 Å². The number of alkyl halides is 3. The van der Waals surface area contributed by atoms with Crippen LogP contribution in [-0.2, 0) is 6.54 Å². The fraction of sp³-hybridized carbons (Fsp3) is 0.533. The van der Waals surface area contributed by atoms with Gasteiger partial charge in [-0.1, -0.05) is 6.07 Å². The number of nitriles is 1. The molecule has 0 radical (unpaired) electrons. The van der Waals surface area contributed by atoms with Crippen molar-refractivity contribution in [3.8, 4) is 6.07 Å². The van der Waals surface area contributed by atoms with E-state index in [1.54, 1.807) is 24.1 Å². The molecule has 1 atom stereocenters. The zero-order chi connectivity index (χ0) is 15.5. The predicted molar refractivity (Wildman–Crippen MR) is 74.9 cm³/mol. The molecule has 1 heterocycles. The monoisotopic (exact) mass is 297 g/mol. The summed E-state index contributed by atoms with van der Waals surface area (Å²) in [6.07, 6.45) is -3.51. The number of halogens is 3. The molecule has 0 bridgehead atoms. The minimum absolute atomic E-state index is 0.0659. The lowest BCUT2D eigenvalue weighted by Crippen LogP contribution is -2.42. The van der Waals surface area contributed by atoms with Crippen molar-refractivity contribution in [1.29, 1.82) is 5.26 Å². The van der Waals surface area contributed by atoms with Gasteiger partial charge in [-0.2, -0.15) is 18.4 Å². The van der Waals surface area contributed by atoms with Crippen LogP contribution in [0.3, 0.4) is 0 Å². The molecule has 0 spiro atoms. The van der Waals surface area contributed by atoms with Crippen molar-refractivity contribution in [3.05, 3.63) is 29.3 Å². The van der Waals surface area contributed by atoms with Crippen LogP contribution >= 0.6 is 0 Å². The summed E-state index contributed by atoms with van der Waals surface area (Å²) in [6.45, 7) is 1.12. The molecule has 0 aliphatic carbocycles. The van der Waals surface area contributed by atoms with Crippen molar-refractivity contribution in [2.75, 3.05) is 25.0 Å². The summed E-state index contributed by atoms with van der Waals surface area (Å²) in [6, 6.07) is 7.44. The standard InChI is InChI=1S/C15H18F3N3/c1-20-9-11-4-5-14(12(7-11)8-19)21-6-2-3-13(10-21)15(16,17)18/h4-5,7,13,20H,2-3,6,9-10H2,1H3. The lowest BCUT2D eigenvalue weighted by atomic mass is 9.96. The van der Waals surface area contributed by atoms with Gasteiger partial charge in [-0.25, -0.2) is 0 Å². The topological polar surface area (TPSA) is 39.1 Å². The third-order valence-corrected chi connectivity index (χ3v) is 3.79. The third-order valence-electron chi connectivity index (χ3n) is 3.79. The maximum Gasteiger partial charge on any atom is 0.393 e. The molecular weight excluding hydrogens is 279 g/mol. The highest BCUT2D eigenvalue weighted by Gasteiger charge is 2.42. The molecule has 1 aliphatic heterocycles. The van der Waals surface area contributed by atoms with E-state index in [1.807, 2.05) is 6.07 Å². The van der Waals surface area contributed by atoms with Crippen LogP contribution in [0.1, 0.15) is 24.0 Å². The van der Waals surface area contributed by atoms with Crippen molar-refractivity contribution >= 4 is 5.69 Å². The smallest absolute Gasteiger partial charge is 0.370 e. The summed E-state index contributed by atoms with van der Waals surface area (Å²) in [5, 5.41) is 12.2. The highest BCUT2D eigenvalue weighted by Crippen LogP contribution is 2.35. The van der Waals surface area contributed by atoms with E-state index < -0.39 is 12.1 Å². The SMILES string of the molecule is CNCc1ccc(N2CCCC(C(F)(F)F)C2)c(C#N)c1. The summed E-state index contributed by atoms with van der Waals surface area (Å²) < 4.78 is 38.6. The van der Waals surface area contributed by atoms with E-state index in [0.717, 1.165) is 5.56 Å². The Morgan fingerprint density at radius 3 is 2.81 bits per heavy atom. The second-order valence-corrected chi connectivity index (χ2v) is 5.32. The number of hydrogen-bond acceptors (Lipinski definition) is 3. The molecule has 114 valence electrons. The van der Waals surface area contributed by atoms with Gasteiger partial charge in [-0.05, 0) is 37.6 Å². The molecule has 1 aliphatic rings. The van der Waals surface area contributed by atoms with Gasteiger partial charge < -0.3 is 10.2 Å². The third kappa shape index (κ3) is 3.67. The quantitative estimate of drug-likeness (QED) is 0.932. The Balaban J connectivity index is 2.23.